The van der Waals surface area contributed by atoms with Gasteiger partial charge in [-0.05, 0) is 105 Å². The monoisotopic (exact) mass is 976 g/mol. The van der Waals surface area contributed by atoms with Gasteiger partial charge in [0, 0.05) is 33.4 Å². The summed E-state index contributed by atoms with van der Waals surface area (Å²) in [5, 5.41) is 6.30. The fourth-order valence-corrected chi connectivity index (χ4v) is 10.6. The van der Waals surface area contributed by atoms with Crippen LogP contribution in [0, 0.1) is 0 Å². The lowest BCUT2D eigenvalue weighted by Crippen LogP contribution is -2.35. The first-order valence-electron chi connectivity index (χ1n) is 20.4. The zero-order valence-electron chi connectivity index (χ0n) is 35.2. The first-order chi connectivity index (χ1) is 29.7. The molecule has 2 saturated carbocycles. The summed E-state index contributed by atoms with van der Waals surface area (Å²) in [5.74, 6) is 0.0732. The number of sulfonamides is 2. The van der Waals surface area contributed by atoms with Crippen molar-refractivity contribution in [1.29, 1.82) is 0 Å². The number of halogens is 2. The van der Waals surface area contributed by atoms with Gasteiger partial charge in [-0.15, -0.1) is 4.47 Å². The molecule has 0 aromatic heterocycles. The minimum atomic E-state index is -4.27. The van der Waals surface area contributed by atoms with Crippen LogP contribution in [0.1, 0.15) is 97.8 Å². The van der Waals surface area contributed by atoms with Crippen LogP contribution in [0.5, 0.6) is 17.2 Å². The predicted octanol–water partition coefficient (Wildman–Crippen LogP) is 9.28. The van der Waals surface area contributed by atoms with E-state index in [1.54, 1.807) is 36.4 Å². The smallest absolute Gasteiger partial charge is 0.290 e. The molecule has 0 atom stereocenters. The predicted molar refractivity (Wildman–Crippen MR) is 244 cm³/mol. The molecule has 0 heterocycles. The number of ether oxygens (including phenoxy) is 3. The molecule has 2 aliphatic rings. The third-order valence-electron chi connectivity index (χ3n) is 10.6. The standard InChI is InChI=1S/C23H29ClN2O6S.C21H25BrN2O4S/c1-30-20-13-11-18(15-19(20)24)26(32-3)33(28,29)22-14-16(10-12-21(22)31-2)23(27)25-17-8-6-4-5-7-9-17;1-28-19-13-8-15(21(25)23-17-6-4-2-3-5-7-17)14-20(19)29(26,27)24-18-11-9-16(22)10-12-18/h10-15,17H,4-9H2,1-3H3,(H,25,27);8-14,17,24H,2-7H2,1H3,(H,23,25). The Balaban J connectivity index is 0.000000236. The normalized spacial score (nSPS) is 15.1. The molecule has 18 heteroatoms. The molecule has 3 N–H and O–H groups in total. The molecule has 14 nitrogen and oxygen atoms in total. The van der Waals surface area contributed by atoms with Gasteiger partial charge in [0.2, 0.25) is 0 Å². The van der Waals surface area contributed by atoms with Crippen LogP contribution >= 0.6 is 27.5 Å². The van der Waals surface area contributed by atoms with E-state index < -0.39 is 20.0 Å². The zero-order valence-corrected chi connectivity index (χ0v) is 39.2. The summed E-state index contributed by atoms with van der Waals surface area (Å²) in [6.45, 7) is 0. The molecule has 2 amide bonds. The Kier molecular flexibility index (Phi) is 17.7. The molecule has 0 bridgehead atoms. The van der Waals surface area contributed by atoms with Gasteiger partial charge < -0.3 is 24.8 Å². The van der Waals surface area contributed by atoms with Crippen molar-refractivity contribution in [3.8, 4) is 17.2 Å². The molecular weight excluding hydrogens is 924 g/mol. The van der Waals surface area contributed by atoms with Crippen molar-refractivity contribution in [3.05, 3.63) is 99.5 Å². The highest BCUT2D eigenvalue weighted by Crippen LogP contribution is 2.35. The molecule has 62 heavy (non-hydrogen) atoms. The van der Waals surface area contributed by atoms with Crippen LogP contribution in [0.15, 0.2) is 93.1 Å². The van der Waals surface area contributed by atoms with Gasteiger partial charge in [0.25, 0.3) is 31.9 Å². The Hall–Kier alpha value is -4.55. The molecule has 0 spiro atoms. The SMILES string of the molecule is COc1ccc(C(=O)NC2CCCCCC2)cc1S(=O)(=O)Nc1ccc(Br)cc1.COc1ccc(N(OC)S(=O)(=O)c2cc(C(=O)NC3CCCCCC3)ccc2OC)cc1Cl. The van der Waals surface area contributed by atoms with Crippen molar-refractivity contribution >= 4 is 70.8 Å². The van der Waals surface area contributed by atoms with Crippen LogP contribution in [0.4, 0.5) is 11.4 Å². The number of rotatable bonds is 14. The Labute approximate surface area is 378 Å². The average molecular weight is 978 g/mol. The number of amides is 2. The maximum absolute atomic E-state index is 13.5. The molecule has 0 unspecified atom stereocenters. The Morgan fingerprint density at radius 3 is 1.52 bits per heavy atom. The minimum Gasteiger partial charge on any atom is -0.495 e. The number of hydrogen-bond donors (Lipinski definition) is 3. The summed E-state index contributed by atoms with van der Waals surface area (Å²) in [6.07, 6.45) is 12.8. The second kappa shape index (κ2) is 22.7. The fourth-order valence-electron chi connectivity index (χ4n) is 7.36. The van der Waals surface area contributed by atoms with E-state index in [0.29, 0.717) is 17.0 Å². The lowest BCUT2D eigenvalue weighted by atomic mass is 10.1. The maximum atomic E-state index is 13.5. The van der Waals surface area contributed by atoms with Gasteiger partial charge >= 0.3 is 0 Å². The molecule has 2 aliphatic carbocycles. The van der Waals surface area contributed by atoms with Gasteiger partial charge in [0.15, 0.2) is 0 Å². The van der Waals surface area contributed by atoms with Crippen molar-refractivity contribution < 1.29 is 45.5 Å². The number of nitrogens with zero attached hydrogens (tertiary/aromatic N) is 1. The molecule has 4 aromatic rings. The van der Waals surface area contributed by atoms with Crippen LogP contribution in [-0.4, -0.2) is 69.2 Å². The van der Waals surface area contributed by atoms with E-state index >= 15 is 0 Å². The molecule has 336 valence electrons. The van der Waals surface area contributed by atoms with E-state index in [4.69, 9.17) is 30.6 Å². The van der Waals surface area contributed by atoms with Crippen LogP contribution in [0.2, 0.25) is 5.02 Å². The highest BCUT2D eigenvalue weighted by molar-refractivity contribution is 9.10. The summed E-state index contributed by atoms with van der Waals surface area (Å²) in [4.78, 5) is 30.6. The van der Waals surface area contributed by atoms with E-state index in [1.807, 2.05) is 0 Å². The van der Waals surface area contributed by atoms with Crippen molar-refractivity contribution in [2.45, 2.75) is 98.9 Å². The van der Waals surface area contributed by atoms with Crippen LogP contribution in [0.3, 0.4) is 0 Å². The van der Waals surface area contributed by atoms with Crippen molar-refractivity contribution in [2.24, 2.45) is 0 Å². The van der Waals surface area contributed by atoms with Crippen molar-refractivity contribution in [2.75, 3.05) is 37.6 Å². The largest absolute Gasteiger partial charge is 0.495 e. The van der Waals surface area contributed by atoms with Crippen molar-refractivity contribution in [3.63, 3.8) is 0 Å². The number of methoxy groups -OCH3 is 3. The van der Waals surface area contributed by atoms with Gasteiger partial charge in [-0.3, -0.25) is 19.1 Å². The molecular formula is C44H54BrClN4O10S2. The van der Waals surface area contributed by atoms with E-state index in [-0.39, 0.29) is 61.5 Å². The number of benzene rings is 4. The van der Waals surface area contributed by atoms with Gasteiger partial charge in [-0.25, -0.2) is 8.42 Å². The molecule has 2 fully saturated rings. The molecule has 6 rings (SSSR count). The number of carbonyl (C=O) groups is 2. The van der Waals surface area contributed by atoms with E-state index in [0.717, 1.165) is 60.3 Å². The summed E-state index contributed by atoms with van der Waals surface area (Å²) in [6, 6.07) is 20.2. The topological polar surface area (TPSA) is 179 Å². The quantitative estimate of drug-likeness (QED) is 0.0815. The number of nitrogens with one attached hydrogen (secondary N) is 3. The average Bonchev–Trinajstić information content (AvgIpc) is 3.69. The Bertz CT molecular complexity index is 2370. The molecule has 4 aromatic carbocycles. The highest BCUT2D eigenvalue weighted by atomic mass is 79.9. The second-order valence-corrected chi connectivity index (χ2v) is 19.6. The summed E-state index contributed by atoms with van der Waals surface area (Å²) >= 11 is 9.50. The molecule has 0 aliphatic heterocycles. The lowest BCUT2D eigenvalue weighted by molar-refractivity contribution is 0.0924. The summed E-state index contributed by atoms with van der Waals surface area (Å²) in [5.41, 5.74) is 1.11. The molecule has 0 radical (unpaired) electrons. The summed E-state index contributed by atoms with van der Waals surface area (Å²) < 4.78 is 72.7. The Morgan fingerprint density at radius 2 is 1.06 bits per heavy atom. The number of carbonyl (C=O) groups excluding carboxylic acids is 2. The second-order valence-electron chi connectivity index (χ2n) is 14.9. The minimum absolute atomic E-state index is 0.0727. The lowest BCUT2D eigenvalue weighted by Gasteiger charge is -2.23. The first-order valence-corrected chi connectivity index (χ1v) is 24.5. The Morgan fingerprint density at radius 1 is 0.613 bits per heavy atom. The van der Waals surface area contributed by atoms with Crippen LogP contribution in [-0.2, 0) is 24.9 Å². The fraction of sp³-hybridized carbons (Fsp3) is 0.409. The maximum Gasteiger partial charge on any atom is 0.290 e. The molecule has 0 saturated heterocycles. The van der Waals surface area contributed by atoms with Gasteiger partial charge in [-0.1, -0.05) is 78.9 Å². The zero-order chi connectivity index (χ0) is 44.9. The third kappa shape index (κ3) is 12.8. The van der Waals surface area contributed by atoms with E-state index in [9.17, 15) is 26.4 Å². The highest BCUT2D eigenvalue weighted by Gasteiger charge is 2.31. The van der Waals surface area contributed by atoms with Crippen molar-refractivity contribution in [1.82, 2.24) is 10.6 Å². The first kappa shape index (κ1) is 48.5. The van der Waals surface area contributed by atoms with Gasteiger partial charge in [0.1, 0.15) is 27.0 Å². The van der Waals surface area contributed by atoms with E-state index in [2.05, 4.69) is 31.3 Å². The van der Waals surface area contributed by atoms with E-state index in [1.165, 1.54) is 96.6 Å². The number of hydrogen-bond acceptors (Lipinski definition) is 10. The summed E-state index contributed by atoms with van der Waals surface area (Å²) in [7, 11) is -2.75. The van der Waals surface area contributed by atoms with Gasteiger partial charge in [0.05, 0.1) is 39.1 Å². The number of anilines is 2. The van der Waals surface area contributed by atoms with Crippen LogP contribution in [0.25, 0.3) is 0 Å². The third-order valence-corrected chi connectivity index (χ3v) is 14.5. The van der Waals surface area contributed by atoms with Gasteiger partial charge in [-0.2, -0.15) is 8.42 Å². The van der Waals surface area contributed by atoms with Crippen LogP contribution < -0.4 is 34.0 Å².